The zero-order valence-electron chi connectivity index (χ0n) is 15.9. The number of aliphatic carboxylic acids is 1. The normalized spacial score (nSPS) is 15.3. The van der Waals surface area contributed by atoms with Crippen molar-refractivity contribution in [2.24, 2.45) is 5.92 Å². The minimum absolute atomic E-state index is 0.251. The molecule has 2 amide bonds. The van der Waals surface area contributed by atoms with Gasteiger partial charge in [0.05, 0.1) is 0 Å². The van der Waals surface area contributed by atoms with Gasteiger partial charge in [0.25, 0.3) is 17.8 Å². The smallest absolute Gasteiger partial charge is 0.300 e. The third-order valence-electron chi connectivity index (χ3n) is 4.19. The maximum absolute atomic E-state index is 12.2. The molecule has 1 aromatic carbocycles. The van der Waals surface area contributed by atoms with Gasteiger partial charge in [0, 0.05) is 25.6 Å². The van der Waals surface area contributed by atoms with Gasteiger partial charge in [-0.15, -0.1) is 0 Å². The summed E-state index contributed by atoms with van der Waals surface area (Å²) in [5.41, 5.74) is 2.10. The molecule has 0 spiro atoms. The van der Waals surface area contributed by atoms with Crippen LogP contribution in [0.2, 0.25) is 0 Å². The number of nitrogens with zero attached hydrogens (tertiary/aromatic N) is 1. The molecule has 1 aliphatic rings. The molecule has 1 aromatic heterocycles. The molecule has 5 N–H and O–H groups in total. The Labute approximate surface area is 162 Å². The van der Waals surface area contributed by atoms with E-state index in [0.717, 1.165) is 26.4 Å². The summed E-state index contributed by atoms with van der Waals surface area (Å²) in [4.78, 5) is 32.7. The largest absolute Gasteiger partial charge is 0.481 e. The van der Waals surface area contributed by atoms with Gasteiger partial charge in [-0.05, 0) is 49.5 Å². The van der Waals surface area contributed by atoms with Crippen LogP contribution < -0.4 is 16.0 Å². The third-order valence-corrected chi connectivity index (χ3v) is 4.19. The first-order valence-corrected chi connectivity index (χ1v) is 8.97. The minimum atomic E-state index is -0.833. The Morgan fingerprint density at radius 3 is 2.46 bits per heavy atom. The number of carboxylic acid groups (broad SMARTS) is 1. The van der Waals surface area contributed by atoms with Crippen molar-refractivity contribution in [3.05, 3.63) is 47.2 Å². The van der Waals surface area contributed by atoms with E-state index in [1.807, 2.05) is 24.3 Å². The molecule has 1 saturated heterocycles. The van der Waals surface area contributed by atoms with Crippen molar-refractivity contribution in [3.8, 4) is 0 Å². The van der Waals surface area contributed by atoms with E-state index < -0.39 is 5.97 Å². The molecule has 0 bridgehead atoms. The number of rotatable bonds is 5. The van der Waals surface area contributed by atoms with E-state index >= 15 is 0 Å². The maximum Gasteiger partial charge on any atom is 0.300 e. The second-order valence-corrected chi connectivity index (χ2v) is 6.48. The Hall–Kier alpha value is -3.20. The van der Waals surface area contributed by atoms with Gasteiger partial charge in [-0.2, -0.15) is 5.10 Å². The minimum Gasteiger partial charge on any atom is -0.481 e. The fourth-order valence-corrected chi connectivity index (χ4v) is 2.84. The van der Waals surface area contributed by atoms with Gasteiger partial charge in [-0.3, -0.25) is 19.5 Å². The average molecular weight is 387 g/mol. The van der Waals surface area contributed by atoms with E-state index in [4.69, 9.17) is 9.90 Å². The van der Waals surface area contributed by atoms with E-state index in [9.17, 15) is 9.59 Å². The molecule has 1 unspecified atom stereocenters. The lowest BCUT2D eigenvalue weighted by atomic mass is 9.98. The Bertz CT molecular complexity index is 806. The summed E-state index contributed by atoms with van der Waals surface area (Å²) in [7, 11) is 1.53. The summed E-state index contributed by atoms with van der Waals surface area (Å²) >= 11 is 0. The van der Waals surface area contributed by atoms with Gasteiger partial charge in [-0.25, -0.2) is 0 Å². The van der Waals surface area contributed by atoms with Crippen LogP contribution in [0.4, 0.5) is 5.82 Å². The first-order chi connectivity index (χ1) is 13.4. The zero-order chi connectivity index (χ0) is 20.5. The highest BCUT2D eigenvalue weighted by Gasteiger charge is 2.15. The number of anilines is 1. The number of nitrogens with one attached hydrogen (secondary N) is 4. The first kappa shape index (κ1) is 21.1. The second kappa shape index (κ2) is 10.2. The second-order valence-electron chi connectivity index (χ2n) is 6.48. The lowest BCUT2D eigenvalue weighted by Crippen LogP contribution is -2.18. The molecule has 2 aromatic rings. The Morgan fingerprint density at radius 1 is 1.21 bits per heavy atom. The van der Waals surface area contributed by atoms with Crippen molar-refractivity contribution in [1.82, 2.24) is 20.8 Å². The number of aromatic nitrogens is 2. The predicted molar refractivity (Wildman–Crippen MR) is 104 cm³/mol. The van der Waals surface area contributed by atoms with Gasteiger partial charge in [0.15, 0.2) is 5.82 Å². The van der Waals surface area contributed by atoms with Crippen LogP contribution in [0.25, 0.3) is 0 Å². The van der Waals surface area contributed by atoms with Crippen LogP contribution in [0.3, 0.4) is 0 Å². The molecule has 1 aliphatic heterocycles. The van der Waals surface area contributed by atoms with Gasteiger partial charge >= 0.3 is 0 Å². The molecule has 150 valence electrons. The molecule has 1 atom stereocenters. The Morgan fingerprint density at radius 2 is 1.89 bits per heavy atom. The van der Waals surface area contributed by atoms with Crippen molar-refractivity contribution in [3.63, 3.8) is 0 Å². The number of H-pyrrole nitrogens is 1. The summed E-state index contributed by atoms with van der Waals surface area (Å²) < 4.78 is 0. The number of benzene rings is 1. The molecule has 1 fully saturated rings. The van der Waals surface area contributed by atoms with Gasteiger partial charge in [0.2, 0.25) is 0 Å². The van der Waals surface area contributed by atoms with E-state index in [1.54, 1.807) is 0 Å². The summed E-state index contributed by atoms with van der Waals surface area (Å²) in [5, 5.41) is 22.4. The number of hydrogen-bond donors (Lipinski definition) is 5. The summed E-state index contributed by atoms with van der Waals surface area (Å²) in [6.07, 6.45) is 2.23. The van der Waals surface area contributed by atoms with E-state index in [2.05, 4.69) is 26.1 Å². The van der Waals surface area contributed by atoms with Gasteiger partial charge in [0.1, 0.15) is 5.69 Å². The van der Waals surface area contributed by atoms with Crippen LogP contribution in [0.1, 0.15) is 39.8 Å². The monoisotopic (exact) mass is 387 g/mol. The fourth-order valence-electron chi connectivity index (χ4n) is 2.84. The first-order valence-electron chi connectivity index (χ1n) is 8.97. The predicted octanol–water partition coefficient (Wildman–Crippen LogP) is 1.26. The highest BCUT2D eigenvalue weighted by Crippen LogP contribution is 2.16. The van der Waals surface area contributed by atoms with E-state index in [-0.39, 0.29) is 11.8 Å². The topological polar surface area (TPSA) is 136 Å². The number of amides is 2. The number of carbonyl (C=O) groups excluding carboxylic acids is 2. The molecule has 0 saturated carbocycles. The lowest BCUT2D eigenvalue weighted by molar-refractivity contribution is -0.134. The maximum atomic E-state index is 12.2. The van der Waals surface area contributed by atoms with Crippen molar-refractivity contribution in [2.45, 2.75) is 19.8 Å². The van der Waals surface area contributed by atoms with Crippen molar-refractivity contribution in [2.75, 3.05) is 25.5 Å². The Balaban J connectivity index is 0.000000640. The quantitative estimate of drug-likeness (QED) is 0.524. The van der Waals surface area contributed by atoms with Gasteiger partial charge < -0.3 is 21.1 Å². The lowest BCUT2D eigenvalue weighted by Gasteiger charge is -2.09. The molecule has 0 radical (unpaired) electrons. The van der Waals surface area contributed by atoms with Crippen LogP contribution in [-0.4, -0.2) is 53.2 Å². The van der Waals surface area contributed by atoms with E-state index in [1.165, 1.54) is 25.1 Å². The highest BCUT2D eigenvalue weighted by atomic mass is 16.4. The summed E-state index contributed by atoms with van der Waals surface area (Å²) in [5.74, 6) is -0.371. The van der Waals surface area contributed by atoms with Gasteiger partial charge in [-0.1, -0.05) is 12.1 Å². The molecule has 0 aliphatic carbocycles. The SMILES string of the molecule is CC(=O)O.CNC(=O)c1cc(NC(=O)c2ccc(CC3CCNC3)cc2)n[nH]1. The number of aromatic amines is 1. The van der Waals surface area contributed by atoms with Crippen LogP contribution in [0, 0.1) is 5.92 Å². The molecule has 9 heteroatoms. The fraction of sp³-hybridized carbons (Fsp3) is 0.368. The average Bonchev–Trinajstić information content (AvgIpc) is 3.33. The Kier molecular flexibility index (Phi) is 7.70. The van der Waals surface area contributed by atoms with Crippen LogP contribution >= 0.6 is 0 Å². The van der Waals surface area contributed by atoms with Crippen LogP contribution in [0.5, 0.6) is 0 Å². The van der Waals surface area contributed by atoms with Crippen molar-refractivity contribution in [1.29, 1.82) is 0 Å². The number of hydrogen-bond acceptors (Lipinski definition) is 5. The summed E-state index contributed by atoms with van der Waals surface area (Å²) in [6.45, 7) is 3.24. The molecule has 28 heavy (non-hydrogen) atoms. The highest BCUT2D eigenvalue weighted by molar-refractivity contribution is 6.04. The summed E-state index contributed by atoms with van der Waals surface area (Å²) in [6, 6.07) is 9.12. The van der Waals surface area contributed by atoms with Crippen molar-refractivity contribution < 1.29 is 19.5 Å². The number of carboxylic acids is 1. The molecule has 9 nitrogen and oxygen atoms in total. The molecule has 3 rings (SSSR count). The van der Waals surface area contributed by atoms with Crippen LogP contribution in [0.15, 0.2) is 30.3 Å². The third kappa shape index (κ3) is 6.51. The number of carbonyl (C=O) groups is 3. The zero-order valence-corrected chi connectivity index (χ0v) is 15.9. The standard InChI is InChI=1S/C17H21N5O2.C2H4O2/c1-18-17(24)14-9-15(22-21-14)20-16(23)13-4-2-11(3-5-13)8-12-6-7-19-10-12;1-2(3)4/h2-5,9,12,19H,6-8,10H2,1H3,(H,18,24)(H2,20,21,22,23);1H3,(H,3,4). The molecular formula is C19H25N5O4. The van der Waals surface area contributed by atoms with Crippen LogP contribution in [-0.2, 0) is 11.2 Å². The van der Waals surface area contributed by atoms with Crippen molar-refractivity contribution >= 4 is 23.6 Å². The molecule has 2 heterocycles. The molecular weight excluding hydrogens is 362 g/mol. The van der Waals surface area contributed by atoms with E-state index in [0.29, 0.717) is 23.0 Å².